The van der Waals surface area contributed by atoms with Gasteiger partial charge in [-0.25, -0.2) is 0 Å². The van der Waals surface area contributed by atoms with Gasteiger partial charge in [-0.1, -0.05) is 209 Å². The number of esters is 2. The molecule has 0 aromatic heterocycles. The lowest BCUT2D eigenvalue weighted by atomic mass is 10.1. The molecule has 1 atom stereocenters. The standard InChI is InChI=1S/C53H90O5/c1-4-7-10-13-16-19-21-23-25-26-27-29-31-33-36-39-42-45-48-56-49-51(58-53(55)47-44-41-38-34-18-15-12-9-6-3)50-57-52(54)46-43-40-37-35-32-30-28-24-22-20-17-14-11-8-5-2/h8,11,16-17,19-20,23-25,28,32,35,40,43,51H,4-7,9-10,12-15,18,21-22,26-27,29-31,33-34,36-39,41-42,44-50H2,1-3H3/b11-8-,19-16-,20-17-,25-23-,28-24-,35-32-,43-40-. The zero-order valence-electron chi connectivity index (χ0n) is 38.0. The summed E-state index contributed by atoms with van der Waals surface area (Å²) < 4.78 is 17.2. The molecule has 0 aliphatic heterocycles. The summed E-state index contributed by atoms with van der Waals surface area (Å²) in [5.74, 6) is -0.550. The quantitative estimate of drug-likeness (QED) is 0.0349. The molecule has 0 N–H and O–H groups in total. The fourth-order valence-electron chi connectivity index (χ4n) is 6.38. The average Bonchev–Trinajstić information content (AvgIpc) is 3.22. The van der Waals surface area contributed by atoms with Gasteiger partial charge < -0.3 is 14.2 Å². The van der Waals surface area contributed by atoms with Gasteiger partial charge in [-0.15, -0.1) is 0 Å². The summed E-state index contributed by atoms with van der Waals surface area (Å²) in [6.45, 7) is 7.55. The first-order chi connectivity index (χ1) is 28.6. The lowest BCUT2D eigenvalue weighted by Crippen LogP contribution is -2.30. The second-order valence-electron chi connectivity index (χ2n) is 15.7. The molecule has 0 spiro atoms. The van der Waals surface area contributed by atoms with Crippen LogP contribution in [0, 0.1) is 0 Å². The number of hydrogen-bond acceptors (Lipinski definition) is 5. The van der Waals surface area contributed by atoms with Crippen LogP contribution in [0.3, 0.4) is 0 Å². The van der Waals surface area contributed by atoms with Crippen molar-refractivity contribution in [3.63, 3.8) is 0 Å². The Balaban J connectivity index is 4.33. The fraction of sp³-hybridized carbons (Fsp3) is 0.698. The van der Waals surface area contributed by atoms with Crippen molar-refractivity contribution >= 4 is 11.9 Å². The molecular formula is C53H90O5. The minimum absolute atomic E-state index is 0.0268. The maximum atomic E-state index is 12.7. The van der Waals surface area contributed by atoms with Crippen molar-refractivity contribution in [2.45, 2.75) is 219 Å². The van der Waals surface area contributed by atoms with Gasteiger partial charge in [0.2, 0.25) is 0 Å². The number of hydrogen-bond donors (Lipinski definition) is 0. The molecular weight excluding hydrogens is 717 g/mol. The highest BCUT2D eigenvalue weighted by molar-refractivity contribution is 5.71. The predicted molar refractivity (Wildman–Crippen MR) is 251 cm³/mol. The van der Waals surface area contributed by atoms with Gasteiger partial charge in [-0.2, -0.15) is 0 Å². The second-order valence-corrected chi connectivity index (χ2v) is 15.7. The Hall–Kier alpha value is -2.92. The first-order valence-electron chi connectivity index (χ1n) is 24.1. The smallest absolute Gasteiger partial charge is 0.309 e. The minimum atomic E-state index is -0.578. The molecule has 0 aliphatic carbocycles. The molecule has 0 fully saturated rings. The third-order valence-electron chi connectivity index (χ3n) is 9.95. The lowest BCUT2D eigenvalue weighted by molar-refractivity contribution is -0.162. The molecule has 0 saturated carbocycles. The number of rotatable bonds is 43. The van der Waals surface area contributed by atoms with Crippen LogP contribution in [-0.4, -0.2) is 37.9 Å². The molecule has 1 unspecified atom stereocenters. The highest BCUT2D eigenvalue weighted by atomic mass is 16.6. The van der Waals surface area contributed by atoms with Crippen molar-refractivity contribution in [2.75, 3.05) is 19.8 Å². The van der Waals surface area contributed by atoms with Crippen molar-refractivity contribution in [3.8, 4) is 0 Å². The number of carbonyl (C=O) groups excluding carboxylic acids is 2. The number of unbranched alkanes of at least 4 members (excludes halogenated alkanes) is 19. The Kier molecular flexibility index (Phi) is 46.0. The van der Waals surface area contributed by atoms with Crippen LogP contribution in [0.4, 0.5) is 0 Å². The van der Waals surface area contributed by atoms with Crippen molar-refractivity contribution in [3.05, 3.63) is 85.1 Å². The number of ether oxygens (including phenoxy) is 3. The van der Waals surface area contributed by atoms with E-state index in [0.29, 0.717) is 13.0 Å². The van der Waals surface area contributed by atoms with E-state index in [-0.39, 0.29) is 31.6 Å². The molecule has 0 saturated heterocycles. The second kappa shape index (κ2) is 48.4. The van der Waals surface area contributed by atoms with E-state index in [9.17, 15) is 9.59 Å². The van der Waals surface area contributed by atoms with Crippen LogP contribution in [0.2, 0.25) is 0 Å². The van der Waals surface area contributed by atoms with E-state index in [2.05, 4.69) is 93.7 Å². The normalized spacial score (nSPS) is 12.9. The first-order valence-corrected chi connectivity index (χ1v) is 24.1. The zero-order valence-corrected chi connectivity index (χ0v) is 38.0. The van der Waals surface area contributed by atoms with Gasteiger partial charge in [0.1, 0.15) is 6.61 Å². The zero-order chi connectivity index (χ0) is 42.1. The molecule has 332 valence electrons. The monoisotopic (exact) mass is 807 g/mol. The van der Waals surface area contributed by atoms with Crippen LogP contribution in [0.25, 0.3) is 0 Å². The lowest BCUT2D eigenvalue weighted by Gasteiger charge is -2.18. The molecule has 0 aromatic carbocycles. The highest BCUT2D eigenvalue weighted by Gasteiger charge is 2.17. The van der Waals surface area contributed by atoms with E-state index in [4.69, 9.17) is 14.2 Å². The molecule has 0 rings (SSSR count). The summed E-state index contributed by atoms with van der Waals surface area (Å²) in [5.41, 5.74) is 0. The van der Waals surface area contributed by atoms with Crippen molar-refractivity contribution in [2.24, 2.45) is 0 Å². The van der Waals surface area contributed by atoms with Crippen LogP contribution < -0.4 is 0 Å². The molecule has 0 aromatic rings. The van der Waals surface area contributed by atoms with E-state index in [1.807, 2.05) is 12.2 Å². The van der Waals surface area contributed by atoms with Crippen LogP contribution in [0.15, 0.2) is 85.1 Å². The third-order valence-corrected chi connectivity index (χ3v) is 9.95. The van der Waals surface area contributed by atoms with Crippen molar-refractivity contribution in [1.29, 1.82) is 0 Å². The summed E-state index contributed by atoms with van der Waals surface area (Å²) in [4.78, 5) is 25.2. The topological polar surface area (TPSA) is 61.8 Å². The van der Waals surface area contributed by atoms with Crippen LogP contribution in [-0.2, 0) is 23.8 Å². The summed E-state index contributed by atoms with van der Waals surface area (Å²) in [6.07, 6.45) is 63.3. The number of carbonyl (C=O) groups is 2. The SMILES string of the molecule is CC/C=C\C/C=C\C/C=C\C/C=C\C/C=C\CC(=O)OCC(COCCCCCCCCCC/C=C\C/C=C\CCCCC)OC(=O)CCCCCCCCCCC. The van der Waals surface area contributed by atoms with Crippen LogP contribution >= 0.6 is 0 Å². The maximum Gasteiger partial charge on any atom is 0.309 e. The van der Waals surface area contributed by atoms with Gasteiger partial charge in [-0.3, -0.25) is 9.59 Å². The summed E-state index contributed by atoms with van der Waals surface area (Å²) in [7, 11) is 0. The fourth-order valence-corrected chi connectivity index (χ4v) is 6.38. The molecule has 0 heterocycles. The first kappa shape index (κ1) is 55.1. The molecule has 0 bridgehead atoms. The van der Waals surface area contributed by atoms with E-state index in [1.54, 1.807) is 0 Å². The van der Waals surface area contributed by atoms with E-state index < -0.39 is 6.10 Å². The Morgan fingerprint density at radius 2 is 0.828 bits per heavy atom. The Bertz CT molecular complexity index is 1090. The van der Waals surface area contributed by atoms with Crippen LogP contribution in [0.1, 0.15) is 213 Å². The highest BCUT2D eigenvalue weighted by Crippen LogP contribution is 2.13. The molecule has 5 heteroatoms. The number of allylic oxidation sites excluding steroid dienone is 13. The Morgan fingerprint density at radius 3 is 1.36 bits per heavy atom. The van der Waals surface area contributed by atoms with E-state index in [1.165, 1.54) is 109 Å². The maximum absolute atomic E-state index is 12.7. The predicted octanol–water partition coefficient (Wildman–Crippen LogP) is 16.1. The molecule has 0 aliphatic rings. The summed E-state index contributed by atoms with van der Waals surface area (Å²) in [6, 6.07) is 0. The molecule has 58 heavy (non-hydrogen) atoms. The minimum Gasteiger partial charge on any atom is -0.461 e. The van der Waals surface area contributed by atoms with Gasteiger partial charge in [0.15, 0.2) is 6.10 Å². The van der Waals surface area contributed by atoms with Crippen molar-refractivity contribution in [1.82, 2.24) is 0 Å². The molecule has 5 nitrogen and oxygen atoms in total. The van der Waals surface area contributed by atoms with Crippen LogP contribution in [0.5, 0.6) is 0 Å². The Morgan fingerprint density at radius 1 is 0.414 bits per heavy atom. The molecule has 0 amide bonds. The molecule has 0 radical (unpaired) electrons. The van der Waals surface area contributed by atoms with Gasteiger partial charge >= 0.3 is 11.9 Å². The average molecular weight is 807 g/mol. The van der Waals surface area contributed by atoms with E-state index in [0.717, 1.165) is 70.6 Å². The Labute approximate surface area is 359 Å². The summed E-state index contributed by atoms with van der Waals surface area (Å²) >= 11 is 0. The van der Waals surface area contributed by atoms with Gasteiger partial charge in [0, 0.05) is 13.0 Å². The van der Waals surface area contributed by atoms with Gasteiger partial charge in [-0.05, 0) is 77.0 Å². The largest absolute Gasteiger partial charge is 0.461 e. The van der Waals surface area contributed by atoms with E-state index >= 15 is 0 Å². The summed E-state index contributed by atoms with van der Waals surface area (Å²) in [5, 5.41) is 0. The van der Waals surface area contributed by atoms with Gasteiger partial charge in [0.25, 0.3) is 0 Å². The van der Waals surface area contributed by atoms with Crippen molar-refractivity contribution < 1.29 is 23.8 Å². The third kappa shape index (κ3) is 45.8. The van der Waals surface area contributed by atoms with Gasteiger partial charge in [0.05, 0.1) is 13.0 Å².